The summed E-state index contributed by atoms with van der Waals surface area (Å²) in [5, 5.41) is 3.59. The standard InChI is InChI=1S/C16H20BrNS2/c1-3-18-15(11-14-9-10-16(17)20-14)12-5-7-13(8-6-12)19-4-2/h5-10,15,18H,3-4,11H2,1-2H3. The van der Waals surface area contributed by atoms with Crippen molar-refractivity contribution in [3.63, 3.8) is 0 Å². The molecule has 4 heteroatoms. The fourth-order valence-corrected chi connectivity index (χ4v) is 4.37. The summed E-state index contributed by atoms with van der Waals surface area (Å²) in [6.45, 7) is 5.34. The molecule has 2 rings (SSSR count). The molecule has 0 saturated carbocycles. The molecule has 0 radical (unpaired) electrons. The normalized spacial score (nSPS) is 12.6. The molecule has 1 N–H and O–H groups in total. The Morgan fingerprint density at radius 3 is 2.45 bits per heavy atom. The molecule has 1 aromatic heterocycles. The Bertz CT molecular complexity index is 522. The molecule has 0 amide bonds. The molecule has 0 aliphatic heterocycles. The second-order valence-electron chi connectivity index (χ2n) is 4.52. The molecule has 1 atom stereocenters. The minimum atomic E-state index is 0.395. The van der Waals surface area contributed by atoms with Gasteiger partial charge in [0.25, 0.3) is 0 Å². The molecular weight excluding hydrogens is 350 g/mol. The van der Waals surface area contributed by atoms with E-state index in [1.807, 2.05) is 23.1 Å². The molecular formula is C16H20BrNS2. The monoisotopic (exact) mass is 369 g/mol. The lowest BCUT2D eigenvalue weighted by Gasteiger charge is -2.18. The number of hydrogen-bond donors (Lipinski definition) is 1. The van der Waals surface area contributed by atoms with E-state index in [1.54, 1.807) is 0 Å². The van der Waals surface area contributed by atoms with Gasteiger partial charge in [-0.25, -0.2) is 0 Å². The first-order valence-corrected chi connectivity index (χ1v) is 9.52. The first-order chi connectivity index (χ1) is 9.72. The third kappa shape index (κ3) is 4.62. The van der Waals surface area contributed by atoms with E-state index in [-0.39, 0.29) is 0 Å². The fourth-order valence-electron chi connectivity index (χ4n) is 2.18. The zero-order chi connectivity index (χ0) is 14.4. The van der Waals surface area contributed by atoms with Crippen LogP contribution < -0.4 is 5.32 Å². The highest BCUT2D eigenvalue weighted by Crippen LogP contribution is 2.28. The Kier molecular flexibility index (Phi) is 6.62. The van der Waals surface area contributed by atoms with Gasteiger partial charge in [-0.3, -0.25) is 0 Å². The van der Waals surface area contributed by atoms with Crippen LogP contribution in [0.2, 0.25) is 0 Å². The van der Waals surface area contributed by atoms with E-state index >= 15 is 0 Å². The molecule has 20 heavy (non-hydrogen) atoms. The second kappa shape index (κ2) is 8.23. The highest BCUT2D eigenvalue weighted by molar-refractivity contribution is 9.11. The molecule has 1 nitrogen and oxygen atoms in total. The van der Waals surface area contributed by atoms with Crippen molar-refractivity contribution in [2.45, 2.75) is 31.2 Å². The van der Waals surface area contributed by atoms with Crippen LogP contribution in [0.3, 0.4) is 0 Å². The molecule has 2 aromatic rings. The SMILES string of the molecule is CCNC(Cc1ccc(Br)s1)c1ccc(SCC)cc1. The molecule has 108 valence electrons. The maximum Gasteiger partial charge on any atom is 0.0701 e. The van der Waals surface area contributed by atoms with Crippen molar-refractivity contribution in [3.05, 3.63) is 50.6 Å². The van der Waals surface area contributed by atoms with Crippen LogP contribution in [0.1, 0.15) is 30.3 Å². The van der Waals surface area contributed by atoms with E-state index in [0.717, 1.165) is 18.7 Å². The lowest BCUT2D eigenvalue weighted by Crippen LogP contribution is -2.22. The minimum Gasteiger partial charge on any atom is -0.310 e. The van der Waals surface area contributed by atoms with Gasteiger partial charge < -0.3 is 5.32 Å². The van der Waals surface area contributed by atoms with Crippen molar-refractivity contribution < 1.29 is 0 Å². The second-order valence-corrected chi connectivity index (χ2v) is 8.41. The van der Waals surface area contributed by atoms with Crippen LogP contribution in [0, 0.1) is 0 Å². The summed E-state index contributed by atoms with van der Waals surface area (Å²) in [6.07, 6.45) is 1.05. The Morgan fingerprint density at radius 2 is 1.90 bits per heavy atom. The van der Waals surface area contributed by atoms with Gasteiger partial charge in [0.2, 0.25) is 0 Å². The fraction of sp³-hybridized carbons (Fsp3) is 0.375. The molecule has 1 heterocycles. The third-order valence-corrected chi connectivity index (χ3v) is 5.62. The minimum absolute atomic E-state index is 0.395. The van der Waals surface area contributed by atoms with Crippen LogP contribution in [0.25, 0.3) is 0 Å². The van der Waals surface area contributed by atoms with Gasteiger partial charge in [-0.1, -0.05) is 26.0 Å². The van der Waals surface area contributed by atoms with Crippen molar-refractivity contribution in [3.8, 4) is 0 Å². The van der Waals surface area contributed by atoms with Crippen molar-refractivity contribution >= 4 is 39.0 Å². The smallest absolute Gasteiger partial charge is 0.0701 e. The molecule has 0 aliphatic carbocycles. The molecule has 1 unspecified atom stereocenters. The summed E-state index contributed by atoms with van der Waals surface area (Å²) in [4.78, 5) is 2.76. The molecule has 0 aliphatic rings. The Balaban J connectivity index is 2.10. The largest absolute Gasteiger partial charge is 0.310 e. The Hall–Kier alpha value is -0.290. The van der Waals surface area contributed by atoms with E-state index < -0.39 is 0 Å². The van der Waals surface area contributed by atoms with E-state index in [4.69, 9.17) is 0 Å². The number of nitrogens with one attached hydrogen (secondary N) is 1. The van der Waals surface area contributed by atoms with Crippen LogP contribution in [-0.2, 0) is 6.42 Å². The van der Waals surface area contributed by atoms with E-state index in [0.29, 0.717) is 6.04 Å². The number of benzene rings is 1. The van der Waals surface area contributed by atoms with Gasteiger partial charge in [-0.05, 0) is 58.1 Å². The lowest BCUT2D eigenvalue weighted by molar-refractivity contribution is 0.553. The highest BCUT2D eigenvalue weighted by atomic mass is 79.9. The van der Waals surface area contributed by atoms with Gasteiger partial charge in [0, 0.05) is 22.2 Å². The van der Waals surface area contributed by atoms with E-state index in [2.05, 4.69) is 71.5 Å². The van der Waals surface area contributed by atoms with Crippen LogP contribution >= 0.6 is 39.0 Å². The van der Waals surface area contributed by atoms with Gasteiger partial charge in [-0.15, -0.1) is 23.1 Å². The maximum absolute atomic E-state index is 3.59. The average molecular weight is 370 g/mol. The van der Waals surface area contributed by atoms with Crippen molar-refractivity contribution in [2.24, 2.45) is 0 Å². The molecule has 0 spiro atoms. The average Bonchev–Trinajstić information content (AvgIpc) is 2.85. The van der Waals surface area contributed by atoms with Crippen LogP contribution in [0.5, 0.6) is 0 Å². The Morgan fingerprint density at radius 1 is 1.15 bits per heavy atom. The maximum atomic E-state index is 3.59. The summed E-state index contributed by atoms with van der Waals surface area (Å²) in [7, 11) is 0. The Labute approximate surface area is 138 Å². The quantitative estimate of drug-likeness (QED) is 0.645. The summed E-state index contributed by atoms with van der Waals surface area (Å²) in [5.41, 5.74) is 1.37. The third-order valence-electron chi connectivity index (χ3n) is 3.08. The van der Waals surface area contributed by atoms with Gasteiger partial charge in [0.15, 0.2) is 0 Å². The predicted molar refractivity (Wildman–Crippen MR) is 95.0 cm³/mol. The van der Waals surface area contributed by atoms with Crippen LogP contribution in [-0.4, -0.2) is 12.3 Å². The van der Waals surface area contributed by atoms with Gasteiger partial charge >= 0.3 is 0 Å². The topological polar surface area (TPSA) is 12.0 Å². The molecule has 0 bridgehead atoms. The summed E-state index contributed by atoms with van der Waals surface area (Å²) in [6, 6.07) is 13.7. The summed E-state index contributed by atoms with van der Waals surface area (Å²) < 4.78 is 1.21. The molecule has 0 fully saturated rings. The molecule has 1 aromatic carbocycles. The number of likely N-dealkylation sites (N-methyl/N-ethyl adjacent to an activating group) is 1. The zero-order valence-corrected chi connectivity index (χ0v) is 15.1. The lowest BCUT2D eigenvalue weighted by atomic mass is 10.0. The first-order valence-electron chi connectivity index (χ1n) is 6.93. The first kappa shape index (κ1) is 16.1. The van der Waals surface area contributed by atoms with Crippen LogP contribution in [0.4, 0.5) is 0 Å². The zero-order valence-electron chi connectivity index (χ0n) is 11.9. The number of hydrogen-bond acceptors (Lipinski definition) is 3. The summed E-state index contributed by atoms with van der Waals surface area (Å²) in [5.74, 6) is 1.12. The van der Waals surface area contributed by atoms with E-state index in [1.165, 1.54) is 19.1 Å². The number of thioether (sulfide) groups is 1. The predicted octanol–water partition coefficient (Wildman–Crippen LogP) is 5.52. The molecule has 0 saturated heterocycles. The van der Waals surface area contributed by atoms with Crippen molar-refractivity contribution in [2.75, 3.05) is 12.3 Å². The number of thiophene rings is 1. The van der Waals surface area contributed by atoms with Crippen LogP contribution in [0.15, 0.2) is 45.1 Å². The van der Waals surface area contributed by atoms with Gasteiger partial charge in [0.05, 0.1) is 3.79 Å². The van der Waals surface area contributed by atoms with Gasteiger partial charge in [-0.2, -0.15) is 0 Å². The number of halogens is 1. The highest BCUT2D eigenvalue weighted by Gasteiger charge is 2.12. The van der Waals surface area contributed by atoms with Crippen molar-refractivity contribution in [1.29, 1.82) is 0 Å². The summed E-state index contributed by atoms with van der Waals surface area (Å²) >= 11 is 7.25. The number of rotatable bonds is 7. The van der Waals surface area contributed by atoms with E-state index in [9.17, 15) is 0 Å². The van der Waals surface area contributed by atoms with Gasteiger partial charge in [0.1, 0.15) is 0 Å². The van der Waals surface area contributed by atoms with Crippen molar-refractivity contribution in [1.82, 2.24) is 5.32 Å².